The van der Waals surface area contributed by atoms with Gasteiger partial charge in [-0.3, -0.25) is 9.78 Å². The van der Waals surface area contributed by atoms with Crippen molar-refractivity contribution < 1.29 is 4.79 Å². The number of amides is 1. The van der Waals surface area contributed by atoms with Gasteiger partial charge in [0.15, 0.2) is 11.6 Å². The molecule has 4 rings (SSSR count). The molecule has 0 fully saturated rings. The first-order chi connectivity index (χ1) is 14.5. The highest BCUT2D eigenvalue weighted by atomic mass is 16.1. The molecule has 0 bridgehead atoms. The molecule has 150 valence electrons. The summed E-state index contributed by atoms with van der Waals surface area (Å²) in [6, 6.07) is 17.2. The minimum atomic E-state index is -0.121. The van der Waals surface area contributed by atoms with Crippen LogP contribution in [0.25, 0.3) is 10.9 Å². The Morgan fingerprint density at radius 2 is 1.60 bits per heavy atom. The van der Waals surface area contributed by atoms with Crippen LogP contribution in [0.15, 0.2) is 60.9 Å². The zero-order valence-corrected chi connectivity index (χ0v) is 16.6. The number of carbonyl (C=O) groups excluding carboxylic acids is 1. The predicted molar refractivity (Wildman–Crippen MR) is 120 cm³/mol. The van der Waals surface area contributed by atoms with Crippen molar-refractivity contribution in [2.45, 2.75) is 13.8 Å². The molecule has 8 nitrogen and oxygen atoms in total. The molecule has 2 aromatic carbocycles. The molecule has 2 heterocycles. The van der Waals surface area contributed by atoms with Gasteiger partial charge in [0.25, 0.3) is 0 Å². The summed E-state index contributed by atoms with van der Waals surface area (Å²) in [4.78, 5) is 24.3. The van der Waals surface area contributed by atoms with Crippen LogP contribution in [0.3, 0.4) is 0 Å². The van der Waals surface area contributed by atoms with Gasteiger partial charge in [0.05, 0.1) is 11.2 Å². The maximum Gasteiger partial charge on any atom is 0.221 e. The van der Waals surface area contributed by atoms with Crippen LogP contribution in [0.5, 0.6) is 0 Å². The third kappa shape index (κ3) is 4.12. The van der Waals surface area contributed by atoms with Crippen LogP contribution < -0.4 is 21.7 Å². The quantitative estimate of drug-likeness (QED) is 0.394. The number of rotatable bonds is 5. The SMILES string of the molecule is CC(=O)Nc1ccc(Nc2ncnc(Nc3cccc4ccc(C)nc34)c2N)cc1. The van der Waals surface area contributed by atoms with Crippen molar-refractivity contribution in [3.63, 3.8) is 0 Å². The van der Waals surface area contributed by atoms with E-state index in [1.165, 1.54) is 13.3 Å². The normalized spacial score (nSPS) is 10.6. The molecule has 8 heteroatoms. The Bertz CT molecular complexity index is 1220. The summed E-state index contributed by atoms with van der Waals surface area (Å²) >= 11 is 0. The number of nitrogens with one attached hydrogen (secondary N) is 3. The van der Waals surface area contributed by atoms with Crippen LogP contribution in [0.4, 0.5) is 34.4 Å². The number of hydrogen-bond donors (Lipinski definition) is 4. The van der Waals surface area contributed by atoms with Crippen molar-refractivity contribution in [2.24, 2.45) is 0 Å². The van der Waals surface area contributed by atoms with Gasteiger partial charge in [-0.1, -0.05) is 18.2 Å². The largest absolute Gasteiger partial charge is 0.393 e. The Morgan fingerprint density at radius 3 is 2.33 bits per heavy atom. The number of aryl methyl sites for hydroxylation is 1. The lowest BCUT2D eigenvalue weighted by molar-refractivity contribution is -0.114. The Hall–Kier alpha value is -4.20. The molecule has 0 aliphatic carbocycles. The Morgan fingerprint density at radius 1 is 0.900 bits per heavy atom. The molecule has 0 spiro atoms. The van der Waals surface area contributed by atoms with Crippen molar-refractivity contribution >= 4 is 51.2 Å². The molecule has 0 unspecified atom stereocenters. The van der Waals surface area contributed by atoms with E-state index in [-0.39, 0.29) is 5.91 Å². The van der Waals surface area contributed by atoms with Gasteiger partial charge in [0.1, 0.15) is 12.0 Å². The summed E-state index contributed by atoms with van der Waals surface area (Å²) in [5, 5.41) is 10.2. The zero-order chi connectivity index (χ0) is 21.1. The first-order valence-corrected chi connectivity index (χ1v) is 9.38. The van der Waals surface area contributed by atoms with Gasteiger partial charge in [-0.25, -0.2) is 9.97 Å². The van der Waals surface area contributed by atoms with Crippen molar-refractivity contribution in [1.82, 2.24) is 15.0 Å². The van der Waals surface area contributed by atoms with Crippen molar-refractivity contribution in [3.05, 3.63) is 66.6 Å². The molecule has 30 heavy (non-hydrogen) atoms. The summed E-state index contributed by atoms with van der Waals surface area (Å²) < 4.78 is 0. The van der Waals surface area contributed by atoms with Crippen molar-refractivity contribution in [2.75, 3.05) is 21.7 Å². The number of nitrogens with zero attached hydrogens (tertiary/aromatic N) is 3. The van der Waals surface area contributed by atoms with Gasteiger partial charge in [-0.15, -0.1) is 0 Å². The Balaban J connectivity index is 1.59. The van der Waals surface area contributed by atoms with Crippen molar-refractivity contribution in [3.8, 4) is 0 Å². The van der Waals surface area contributed by atoms with Crippen LogP contribution in [-0.2, 0) is 4.79 Å². The second kappa shape index (κ2) is 8.04. The molecule has 1 amide bonds. The number of para-hydroxylation sites is 1. The monoisotopic (exact) mass is 399 g/mol. The summed E-state index contributed by atoms with van der Waals surface area (Å²) in [5.74, 6) is 0.840. The lowest BCUT2D eigenvalue weighted by Crippen LogP contribution is -2.06. The molecule has 5 N–H and O–H groups in total. The van der Waals surface area contributed by atoms with Gasteiger partial charge in [0, 0.05) is 29.4 Å². The zero-order valence-electron chi connectivity index (χ0n) is 16.6. The fourth-order valence-electron chi connectivity index (χ4n) is 3.04. The predicted octanol–water partition coefficient (Wildman–Crippen LogP) is 4.36. The fourth-order valence-corrected chi connectivity index (χ4v) is 3.04. The number of fused-ring (bicyclic) bond motifs is 1. The highest BCUT2D eigenvalue weighted by Gasteiger charge is 2.11. The van der Waals surface area contributed by atoms with Gasteiger partial charge in [-0.05, 0) is 43.3 Å². The van der Waals surface area contributed by atoms with E-state index in [0.29, 0.717) is 23.0 Å². The molecule has 0 saturated carbocycles. The molecule has 0 saturated heterocycles. The second-order valence-corrected chi connectivity index (χ2v) is 6.82. The molecular weight excluding hydrogens is 378 g/mol. The van der Waals surface area contributed by atoms with Gasteiger partial charge >= 0.3 is 0 Å². The number of carbonyl (C=O) groups is 1. The lowest BCUT2D eigenvalue weighted by atomic mass is 10.1. The number of pyridine rings is 1. The first-order valence-electron chi connectivity index (χ1n) is 9.38. The van der Waals surface area contributed by atoms with Crippen LogP contribution in [-0.4, -0.2) is 20.9 Å². The molecular formula is C22H21N7O. The minimum Gasteiger partial charge on any atom is -0.393 e. The van der Waals surface area contributed by atoms with Crippen LogP contribution >= 0.6 is 0 Å². The summed E-state index contributed by atoms with van der Waals surface area (Å²) in [7, 11) is 0. The second-order valence-electron chi connectivity index (χ2n) is 6.82. The number of hydrogen-bond acceptors (Lipinski definition) is 7. The molecule has 0 radical (unpaired) electrons. The van der Waals surface area contributed by atoms with Gasteiger partial charge < -0.3 is 21.7 Å². The molecule has 2 aromatic heterocycles. The summed E-state index contributed by atoms with van der Waals surface area (Å²) in [6.45, 7) is 3.42. The first kappa shape index (κ1) is 19.1. The molecule has 0 atom stereocenters. The number of anilines is 6. The van der Waals surface area contributed by atoms with E-state index in [2.05, 4.69) is 30.9 Å². The van der Waals surface area contributed by atoms with Gasteiger partial charge in [0.2, 0.25) is 5.91 Å². The number of nitrogen functional groups attached to an aromatic ring is 1. The lowest BCUT2D eigenvalue weighted by Gasteiger charge is -2.14. The minimum absolute atomic E-state index is 0.121. The highest BCUT2D eigenvalue weighted by molar-refractivity contribution is 5.94. The van der Waals surface area contributed by atoms with Crippen LogP contribution in [0, 0.1) is 6.92 Å². The molecule has 4 aromatic rings. The smallest absolute Gasteiger partial charge is 0.221 e. The van der Waals surface area contributed by atoms with E-state index in [9.17, 15) is 4.79 Å². The van der Waals surface area contributed by atoms with E-state index >= 15 is 0 Å². The average Bonchev–Trinajstić information content (AvgIpc) is 2.72. The highest BCUT2D eigenvalue weighted by Crippen LogP contribution is 2.31. The Kier molecular flexibility index (Phi) is 5.13. The van der Waals surface area contributed by atoms with E-state index in [4.69, 9.17) is 5.73 Å². The topological polar surface area (TPSA) is 118 Å². The standard InChI is InChI=1S/C22H21N7O/c1-13-6-7-15-4-3-5-18(20(15)26-13)29-22-19(23)21(24-12-25-22)28-17-10-8-16(9-11-17)27-14(2)30/h3-12H,23H2,1-2H3,(H,27,30)(H2,24,25,28,29). The van der Waals surface area contributed by atoms with Crippen LogP contribution in [0.1, 0.15) is 12.6 Å². The van der Waals surface area contributed by atoms with Crippen molar-refractivity contribution in [1.29, 1.82) is 0 Å². The van der Waals surface area contributed by atoms with Gasteiger partial charge in [-0.2, -0.15) is 0 Å². The number of nitrogens with two attached hydrogens (primary N) is 1. The molecule has 0 aliphatic heterocycles. The maximum atomic E-state index is 11.2. The average molecular weight is 399 g/mol. The Labute approximate surface area is 173 Å². The maximum absolute atomic E-state index is 11.2. The summed E-state index contributed by atoms with van der Waals surface area (Å²) in [6.07, 6.45) is 1.44. The van der Waals surface area contributed by atoms with E-state index in [1.807, 2.05) is 49.4 Å². The number of aromatic nitrogens is 3. The van der Waals surface area contributed by atoms with Crippen LogP contribution in [0.2, 0.25) is 0 Å². The van der Waals surface area contributed by atoms with E-state index < -0.39 is 0 Å². The van der Waals surface area contributed by atoms with E-state index in [1.54, 1.807) is 12.1 Å². The fraction of sp³-hybridized carbons (Fsp3) is 0.0909. The van der Waals surface area contributed by atoms with E-state index in [0.717, 1.165) is 28.0 Å². The molecule has 0 aliphatic rings. The third-order valence-electron chi connectivity index (χ3n) is 4.46. The summed E-state index contributed by atoms with van der Waals surface area (Å²) in [5.41, 5.74) is 10.8. The third-order valence-corrected chi connectivity index (χ3v) is 4.46. The number of benzene rings is 2.